The van der Waals surface area contributed by atoms with Gasteiger partial charge in [-0.05, 0) is 24.1 Å². The van der Waals surface area contributed by atoms with Gasteiger partial charge in [-0.1, -0.05) is 20.3 Å². The third kappa shape index (κ3) is 2.88. The average molecular weight is 247 g/mol. The van der Waals surface area contributed by atoms with Crippen LogP contribution < -0.4 is 5.73 Å². The zero-order chi connectivity index (χ0) is 12.3. The Morgan fingerprint density at radius 1 is 1.35 bits per heavy atom. The van der Waals surface area contributed by atoms with Gasteiger partial charge in [0.1, 0.15) is 11.4 Å². The maximum Gasteiger partial charge on any atom is 0.117 e. The zero-order valence-corrected chi connectivity index (χ0v) is 11.0. The molecule has 3 nitrogen and oxygen atoms in total. The van der Waals surface area contributed by atoms with Gasteiger partial charge in [-0.3, -0.25) is 0 Å². The zero-order valence-electron chi connectivity index (χ0n) is 10.2. The lowest BCUT2D eigenvalue weighted by molar-refractivity contribution is 0.636. The molecule has 0 saturated carbocycles. The van der Waals surface area contributed by atoms with Crippen molar-refractivity contribution in [2.24, 2.45) is 5.92 Å². The van der Waals surface area contributed by atoms with Crippen LogP contribution in [0.2, 0.25) is 0 Å². The molecule has 0 fully saturated rings. The predicted molar refractivity (Wildman–Crippen MR) is 74.1 cm³/mol. The van der Waals surface area contributed by atoms with Gasteiger partial charge in [-0.25, -0.2) is 9.97 Å². The summed E-state index contributed by atoms with van der Waals surface area (Å²) in [5, 5.41) is 2.09. The van der Waals surface area contributed by atoms with E-state index in [1.165, 1.54) is 6.42 Å². The van der Waals surface area contributed by atoms with E-state index in [-0.39, 0.29) is 0 Å². The van der Waals surface area contributed by atoms with E-state index in [1.807, 2.05) is 18.2 Å². The normalized spacial score (nSPS) is 12.8. The summed E-state index contributed by atoms with van der Waals surface area (Å²) in [6.07, 6.45) is 2.82. The number of fused-ring (bicyclic) bond motifs is 1. The Morgan fingerprint density at radius 3 is 2.94 bits per heavy atom. The Bertz CT molecular complexity index is 513. The first-order valence-corrected chi connectivity index (χ1v) is 6.82. The number of nitrogens with two attached hydrogens (primary N) is 1. The SMILES string of the molecule is CCC(C)CSc1ncnc2ccc(N)cc12. The molecule has 1 heterocycles. The number of nitrogens with zero attached hydrogens (tertiary/aromatic N) is 2. The fourth-order valence-electron chi connectivity index (χ4n) is 1.50. The number of nitrogen functional groups attached to an aromatic ring is 1. The van der Waals surface area contributed by atoms with E-state index in [9.17, 15) is 0 Å². The van der Waals surface area contributed by atoms with E-state index in [2.05, 4.69) is 23.8 Å². The standard InChI is InChI=1S/C13H17N3S/c1-3-9(2)7-17-13-11-6-10(14)4-5-12(11)15-8-16-13/h4-6,8-9H,3,7,14H2,1-2H3. The van der Waals surface area contributed by atoms with Gasteiger partial charge < -0.3 is 5.73 Å². The molecule has 4 heteroatoms. The molecule has 0 saturated heterocycles. The highest BCUT2D eigenvalue weighted by Crippen LogP contribution is 2.27. The number of thioether (sulfide) groups is 1. The second-order valence-electron chi connectivity index (χ2n) is 4.28. The Balaban J connectivity index is 2.30. The molecule has 0 radical (unpaired) electrons. The molecular weight excluding hydrogens is 230 g/mol. The summed E-state index contributed by atoms with van der Waals surface area (Å²) in [5.74, 6) is 1.78. The lowest BCUT2D eigenvalue weighted by Gasteiger charge is -2.09. The maximum absolute atomic E-state index is 5.81. The third-order valence-corrected chi connectivity index (χ3v) is 4.16. The van der Waals surface area contributed by atoms with Crippen LogP contribution in [0, 0.1) is 5.92 Å². The van der Waals surface area contributed by atoms with Crippen LogP contribution in [-0.4, -0.2) is 15.7 Å². The molecule has 1 aromatic carbocycles. The summed E-state index contributed by atoms with van der Waals surface area (Å²) < 4.78 is 0. The number of hydrogen-bond acceptors (Lipinski definition) is 4. The Morgan fingerprint density at radius 2 is 2.18 bits per heavy atom. The van der Waals surface area contributed by atoms with Crippen molar-refractivity contribution in [1.82, 2.24) is 9.97 Å². The highest BCUT2D eigenvalue weighted by molar-refractivity contribution is 7.99. The average Bonchev–Trinajstić information content (AvgIpc) is 2.35. The lowest BCUT2D eigenvalue weighted by Crippen LogP contribution is -1.97. The minimum absolute atomic E-state index is 0.700. The van der Waals surface area contributed by atoms with E-state index in [0.717, 1.165) is 27.4 Å². The smallest absolute Gasteiger partial charge is 0.117 e. The van der Waals surface area contributed by atoms with Gasteiger partial charge in [0.25, 0.3) is 0 Å². The first kappa shape index (κ1) is 12.2. The number of anilines is 1. The van der Waals surface area contributed by atoms with Gasteiger partial charge in [0.05, 0.1) is 5.52 Å². The fraction of sp³-hybridized carbons (Fsp3) is 0.385. The molecule has 0 aliphatic carbocycles. The number of rotatable bonds is 4. The molecule has 1 atom stereocenters. The van der Waals surface area contributed by atoms with E-state index >= 15 is 0 Å². The number of hydrogen-bond donors (Lipinski definition) is 1. The molecule has 1 unspecified atom stereocenters. The van der Waals surface area contributed by atoms with E-state index in [1.54, 1.807) is 18.1 Å². The first-order valence-electron chi connectivity index (χ1n) is 5.83. The highest BCUT2D eigenvalue weighted by atomic mass is 32.2. The second-order valence-corrected chi connectivity index (χ2v) is 5.29. The van der Waals surface area contributed by atoms with Gasteiger partial charge in [-0.2, -0.15) is 0 Å². The maximum atomic E-state index is 5.81. The Kier molecular flexibility index (Phi) is 3.84. The van der Waals surface area contributed by atoms with Crippen LogP contribution in [0.4, 0.5) is 5.69 Å². The molecule has 1 aromatic heterocycles. The van der Waals surface area contributed by atoms with Crippen molar-refractivity contribution in [3.8, 4) is 0 Å². The van der Waals surface area contributed by atoms with Crippen LogP contribution in [0.3, 0.4) is 0 Å². The van der Waals surface area contributed by atoms with Crippen LogP contribution in [0.15, 0.2) is 29.6 Å². The Labute approximate surface area is 106 Å². The van der Waals surface area contributed by atoms with E-state index in [4.69, 9.17) is 5.73 Å². The molecule has 2 aromatic rings. The second kappa shape index (κ2) is 5.36. The van der Waals surface area contributed by atoms with Crippen molar-refractivity contribution in [2.45, 2.75) is 25.3 Å². The minimum Gasteiger partial charge on any atom is -0.399 e. The van der Waals surface area contributed by atoms with Crippen LogP contribution in [-0.2, 0) is 0 Å². The van der Waals surface area contributed by atoms with E-state index in [0.29, 0.717) is 5.92 Å². The lowest BCUT2D eigenvalue weighted by atomic mass is 10.2. The monoisotopic (exact) mass is 247 g/mol. The van der Waals surface area contributed by atoms with Crippen LogP contribution in [0.1, 0.15) is 20.3 Å². The van der Waals surface area contributed by atoms with Crippen molar-refractivity contribution in [1.29, 1.82) is 0 Å². The van der Waals surface area contributed by atoms with E-state index < -0.39 is 0 Å². The van der Waals surface area contributed by atoms with Gasteiger partial charge >= 0.3 is 0 Å². The van der Waals surface area contributed by atoms with Gasteiger partial charge in [0.2, 0.25) is 0 Å². The Hall–Kier alpha value is -1.29. The predicted octanol–water partition coefficient (Wildman–Crippen LogP) is 3.35. The molecule has 0 bridgehead atoms. The quantitative estimate of drug-likeness (QED) is 0.511. The fourth-order valence-corrected chi connectivity index (χ4v) is 2.62. The molecule has 0 aliphatic heterocycles. The summed E-state index contributed by atoms with van der Waals surface area (Å²) in [6.45, 7) is 4.46. The molecular formula is C13H17N3S. The minimum atomic E-state index is 0.700. The highest BCUT2D eigenvalue weighted by Gasteiger charge is 2.06. The number of benzene rings is 1. The summed E-state index contributed by atoms with van der Waals surface area (Å²) >= 11 is 1.78. The van der Waals surface area contributed by atoms with Crippen molar-refractivity contribution < 1.29 is 0 Å². The van der Waals surface area contributed by atoms with Crippen molar-refractivity contribution in [3.63, 3.8) is 0 Å². The largest absolute Gasteiger partial charge is 0.399 e. The van der Waals surface area contributed by atoms with Crippen LogP contribution >= 0.6 is 11.8 Å². The molecule has 90 valence electrons. The van der Waals surface area contributed by atoms with Gasteiger partial charge in [0.15, 0.2) is 0 Å². The van der Waals surface area contributed by atoms with Crippen LogP contribution in [0.5, 0.6) is 0 Å². The first-order chi connectivity index (χ1) is 8.20. The van der Waals surface area contributed by atoms with Gasteiger partial charge in [0, 0.05) is 16.8 Å². The number of aromatic nitrogens is 2. The summed E-state index contributed by atoms with van der Waals surface area (Å²) in [7, 11) is 0. The molecule has 2 N–H and O–H groups in total. The summed E-state index contributed by atoms with van der Waals surface area (Å²) in [5.41, 5.74) is 7.53. The molecule has 17 heavy (non-hydrogen) atoms. The van der Waals surface area contributed by atoms with Crippen molar-refractivity contribution >= 4 is 28.4 Å². The third-order valence-electron chi connectivity index (χ3n) is 2.82. The van der Waals surface area contributed by atoms with Crippen molar-refractivity contribution in [3.05, 3.63) is 24.5 Å². The summed E-state index contributed by atoms with van der Waals surface area (Å²) in [6, 6.07) is 5.77. The topological polar surface area (TPSA) is 51.8 Å². The summed E-state index contributed by atoms with van der Waals surface area (Å²) in [4.78, 5) is 8.60. The van der Waals surface area contributed by atoms with Gasteiger partial charge in [-0.15, -0.1) is 11.8 Å². The molecule has 2 rings (SSSR count). The molecule has 0 spiro atoms. The van der Waals surface area contributed by atoms with Crippen molar-refractivity contribution in [2.75, 3.05) is 11.5 Å². The van der Waals surface area contributed by atoms with Crippen LogP contribution in [0.25, 0.3) is 10.9 Å². The molecule has 0 amide bonds. The molecule has 0 aliphatic rings.